The van der Waals surface area contributed by atoms with Crippen LogP contribution in [0.2, 0.25) is 0 Å². The quantitative estimate of drug-likeness (QED) is 0.855. The molecule has 2 rings (SSSR count). The van der Waals surface area contributed by atoms with Crippen molar-refractivity contribution >= 4 is 5.91 Å². The minimum atomic E-state index is 0.144. The second kappa shape index (κ2) is 7.32. The first-order chi connectivity index (χ1) is 9.69. The molecular weight excluding hydrogens is 250 g/mol. The molecule has 0 spiro atoms. The summed E-state index contributed by atoms with van der Waals surface area (Å²) in [6.07, 6.45) is 7.83. The van der Waals surface area contributed by atoms with E-state index in [2.05, 4.69) is 5.32 Å². The summed E-state index contributed by atoms with van der Waals surface area (Å²) in [6, 6.07) is 6.26. The smallest absolute Gasteiger partial charge is 0.224 e. The fourth-order valence-electron chi connectivity index (χ4n) is 2.87. The van der Waals surface area contributed by atoms with Crippen LogP contribution in [0.15, 0.2) is 18.2 Å². The van der Waals surface area contributed by atoms with Crippen molar-refractivity contribution in [3.63, 3.8) is 0 Å². The van der Waals surface area contributed by atoms with Crippen LogP contribution in [-0.4, -0.2) is 19.1 Å². The highest BCUT2D eigenvalue weighted by molar-refractivity contribution is 5.79. The first kappa shape index (κ1) is 14.9. The van der Waals surface area contributed by atoms with E-state index in [9.17, 15) is 4.79 Å². The van der Waals surface area contributed by atoms with Crippen LogP contribution >= 0.6 is 0 Å². The number of aryl methyl sites for hydroxylation is 1. The van der Waals surface area contributed by atoms with E-state index >= 15 is 0 Å². The zero-order valence-corrected chi connectivity index (χ0v) is 12.6. The number of ether oxygens (including phenoxy) is 1. The Morgan fingerprint density at radius 1 is 1.25 bits per heavy atom. The number of methoxy groups -OCH3 is 1. The van der Waals surface area contributed by atoms with Crippen LogP contribution in [-0.2, 0) is 11.2 Å². The third-order valence-electron chi connectivity index (χ3n) is 4.12. The van der Waals surface area contributed by atoms with E-state index in [1.54, 1.807) is 7.11 Å². The van der Waals surface area contributed by atoms with Gasteiger partial charge in [-0.05, 0) is 43.0 Å². The number of hydrogen-bond acceptors (Lipinski definition) is 2. The minimum Gasteiger partial charge on any atom is -0.497 e. The maximum atomic E-state index is 12.2. The topological polar surface area (TPSA) is 38.3 Å². The van der Waals surface area contributed by atoms with Gasteiger partial charge in [0.1, 0.15) is 5.75 Å². The van der Waals surface area contributed by atoms with E-state index in [0.717, 1.165) is 29.7 Å². The van der Waals surface area contributed by atoms with Crippen molar-refractivity contribution in [2.45, 2.75) is 57.9 Å². The molecule has 3 heteroatoms. The zero-order chi connectivity index (χ0) is 14.4. The number of benzene rings is 1. The average Bonchev–Trinajstić information content (AvgIpc) is 2.69. The summed E-state index contributed by atoms with van der Waals surface area (Å²) in [4.78, 5) is 12.2. The van der Waals surface area contributed by atoms with E-state index in [1.807, 2.05) is 25.1 Å². The lowest BCUT2D eigenvalue weighted by Crippen LogP contribution is -2.35. The van der Waals surface area contributed by atoms with Gasteiger partial charge in [0, 0.05) is 6.04 Å². The highest BCUT2D eigenvalue weighted by atomic mass is 16.5. The largest absolute Gasteiger partial charge is 0.497 e. The van der Waals surface area contributed by atoms with Gasteiger partial charge in [0.2, 0.25) is 5.91 Å². The van der Waals surface area contributed by atoms with Crippen LogP contribution in [0.1, 0.15) is 49.7 Å². The van der Waals surface area contributed by atoms with Gasteiger partial charge >= 0.3 is 0 Å². The van der Waals surface area contributed by atoms with Crippen molar-refractivity contribution in [3.8, 4) is 5.75 Å². The first-order valence-electron chi connectivity index (χ1n) is 7.62. The number of amides is 1. The van der Waals surface area contributed by atoms with Crippen LogP contribution in [0.25, 0.3) is 0 Å². The molecule has 1 aliphatic rings. The maximum absolute atomic E-state index is 12.2. The Kier molecular flexibility index (Phi) is 5.45. The van der Waals surface area contributed by atoms with Gasteiger partial charge in [-0.2, -0.15) is 0 Å². The molecule has 0 aliphatic heterocycles. The standard InChI is InChI=1S/C17H25NO2/c1-13-11-16(20-2)10-9-14(13)12-17(19)18-15-7-5-3-4-6-8-15/h9-11,15H,3-8,12H2,1-2H3,(H,18,19). The fourth-order valence-corrected chi connectivity index (χ4v) is 2.87. The molecule has 1 aromatic rings. The third-order valence-corrected chi connectivity index (χ3v) is 4.12. The minimum absolute atomic E-state index is 0.144. The summed E-state index contributed by atoms with van der Waals surface area (Å²) in [7, 11) is 1.66. The molecular formula is C17H25NO2. The number of carbonyl (C=O) groups is 1. The Morgan fingerprint density at radius 3 is 2.55 bits per heavy atom. The molecule has 1 fully saturated rings. The summed E-state index contributed by atoms with van der Waals surface area (Å²) < 4.78 is 5.19. The van der Waals surface area contributed by atoms with E-state index in [0.29, 0.717) is 12.5 Å². The van der Waals surface area contributed by atoms with Gasteiger partial charge < -0.3 is 10.1 Å². The van der Waals surface area contributed by atoms with Gasteiger partial charge in [-0.3, -0.25) is 4.79 Å². The molecule has 0 radical (unpaired) electrons. The summed E-state index contributed by atoms with van der Waals surface area (Å²) in [6.45, 7) is 2.02. The molecule has 0 unspecified atom stereocenters. The molecule has 1 N–H and O–H groups in total. The number of rotatable bonds is 4. The monoisotopic (exact) mass is 275 g/mol. The Labute approximate surface area is 121 Å². The molecule has 0 aromatic heterocycles. The van der Waals surface area contributed by atoms with Crippen LogP contribution in [0.4, 0.5) is 0 Å². The molecule has 1 amide bonds. The van der Waals surface area contributed by atoms with Crippen LogP contribution < -0.4 is 10.1 Å². The van der Waals surface area contributed by atoms with Gasteiger partial charge in [0.25, 0.3) is 0 Å². The van der Waals surface area contributed by atoms with Crippen molar-refractivity contribution in [1.29, 1.82) is 0 Å². The number of nitrogens with one attached hydrogen (secondary N) is 1. The van der Waals surface area contributed by atoms with Crippen LogP contribution in [0.5, 0.6) is 5.75 Å². The molecule has 0 heterocycles. The van der Waals surface area contributed by atoms with Crippen molar-refractivity contribution in [1.82, 2.24) is 5.32 Å². The summed E-state index contributed by atoms with van der Waals surface area (Å²) in [5.41, 5.74) is 2.19. The van der Waals surface area contributed by atoms with Gasteiger partial charge in [-0.25, -0.2) is 0 Å². The molecule has 0 bridgehead atoms. The summed E-state index contributed by atoms with van der Waals surface area (Å²) in [5.74, 6) is 0.987. The fraction of sp³-hybridized carbons (Fsp3) is 0.588. The molecule has 1 saturated carbocycles. The molecule has 0 saturated heterocycles. The number of carbonyl (C=O) groups excluding carboxylic acids is 1. The van der Waals surface area contributed by atoms with Crippen molar-refractivity contribution in [3.05, 3.63) is 29.3 Å². The maximum Gasteiger partial charge on any atom is 0.224 e. The Bertz CT molecular complexity index is 448. The van der Waals surface area contributed by atoms with E-state index < -0.39 is 0 Å². The third kappa shape index (κ3) is 4.26. The van der Waals surface area contributed by atoms with Crippen molar-refractivity contribution in [2.24, 2.45) is 0 Å². The van der Waals surface area contributed by atoms with Gasteiger partial charge in [-0.15, -0.1) is 0 Å². The van der Waals surface area contributed by atoms with E-state index in [4.69, 9.17) is 4.74 Å². The predicted octanol–water partition coefficient (Wildman–Crippen LogP) is 3.39. The summed E-state index contributed by atoms with van der Waals surface area (Å²) in [5, 5.41) is 3.19. The average molecular weight is 275 g/mol. The lowest BCUT2D eigenvalue weighted by Gasteiger charge is -2.16. The molecule has 0 atom stereocenters. The Morgan fingerprint density at radius 2 is 1.95 bits per heavy atom. The highest BCUT2D eigenvalue weighted by Crippen LogP contribution is 2.19. The van der Waals surface area contributed by atoms with Crippen LogP contribution in [0, 0.1) is 6.92 Å². The predicted molar refractivity (Wildman–Crippen MR) is 81.1 cm³/mol. The second-order valence-electron chi connectivity index (χ2n) is 5.73. The zero-order valence-electron chi connectivity index (χ0n) is 12.6. The van der Waals surface area contributed by atoms with E-state index in [1.165, 1.54) is 25.7 Å². The Balaban J connectivity index is 1.90. The Hall–Kier alpha value is -1.51. The molecule has 1 aromatic carbocycles. The lowest BCUT2D eigenvalue weighted by atomic mass is 10.0. The van der Waals surface area contributed by atoms with Gasteiger partial charge in [0.05, 0.1) is 13.5 Å². The second-order valence-corrected chi connectivity index (χ2v) is 5.73. The number of hydrogen-bond donors (Lipinski definition) is 1. The highest BCUT2D eigenvalue weighted by Gasteiger charge is 2.15. The first-order valence-corrected chi connectivity index (χ1v) is 7.62. The molecule has 110 valence electrons. The van der Waals surface area contributed by atoms with E-state index in [-0.39, 0.29) is 5.91 Å². The molecule has 3 nitrogen and oxygen atoms in total. The van der Waals surface area contributed by atoms with Gasteiger partial charge in [0.15, 0.2) is 0 Å². The molecule has 1 aliphatic carbocycles. The van der Waals surface area contributed by atoms with Crippen molar-refractivity contribution in [2.75, 3.05) is 7.11 Å². The normalized spacial score (nSPS) is 16.5. The summed E-state index contributed by atoms with van der Waals surface area (Å²) >= 11 is 0. The van der Waals surface area contributed by atoms with Crippen molar-refractivity contribution < 1.29 is 9.53 Å². The van der Waals surface area contributed by atoms with Gasteiger partial charge in [-0.1, -0.05) is 31.7 Å². The SMILES string of the molecule is COc1ccc(CC(=O)NC2CCCCCC2)c(C)c1. The molecule has 20 heavy (non-hydrogen) atoms. The lowest BCUT2D eigenvalue weighted by molar-refractivity contribution is -0.121. The van der Waals surface area contributed by atoms with Crippen LogP contribution in [0.3, 0.4) is 0 Å².